The lowest BCUT2D eigenvalue weighted by Crippen LogP contribution is -2.26. The zero-order valence-electron chi connectivity index (χ0n) is 12.1. The molecule has 1 aromatic heterocycles. The van der Waals surface area contributed by atoms with E-state index in [0.717, 1.165) is 12.1 Å². The summed E-state index contributed by atoms with van der Waals surface area (Å²) in [7, 11) is 0. The number of rotatable bonds is 5. The molecule has 2 aromatic rings. The van der Waals surface area contributed by atoms with Crippen LogP contribution in [0.5, 0.6) is 0 Å². The van der Waals surface area contributed by atoms with E-state index in [-0.39, 0.29) is 11.7 Å². The fraction of sp³-hybridized carbons (Fsp3) is 0.400. The van der Waals surface area contributed by atoms with Crippen molar-refractivity contribution in [3.8, 4) is 5.69 Å². The lowest BCUT2D eigenvalue weighted by molar-refractivity contribution is 0.0941. The molecule has 106 valence electrons. The summed E-state index contributed by atoms with van der Waals surface area (Å²) in [5, 5.41) is 7.03. The van der Waals surface area contributed by atoms with Gasteiger partial charge in [-0.3, -0.25) is 4.79 Å². The number of aryl methyl sites for hydroxylation is 1. The summed E-state index contributed by atoms with van der Waals surface area (Å²) in [6.07, 6.45) is 2.51. The average Bonchev–Trinajstić information content (AvgIpc) is 2.88. The standard InChI is InChI=1S/C15H20N4O/c1-11(2)8-9-16-15(20)14-17-10-19(18-14)13-6-4-12(3)5-7-13/h4-7,10-11H,8-9H2,1-3H3,(H,16,20). The van der Waals surface area contributed by atoms with Gasteiger partial charge in [0, 0.05) is 6.54 Å². The van der Waals surface area contributed by atoms with Crippen molar-refractivity contribution in [2.75, 3.05) is 6.54 Å². The highest BCUT2D eigenvalue weighted by Gasteiger charge is 2.11. The third-order valence-corrected chi connectivity index (χ3v) is 3.00. The van der Waals surface area contributed by atoms with E-state index in [9.17, 15) is 4.79 Å². The van der Waals surface area contributed by atoms with Gasteiger partial charge in [-0.05, 0) is 31.4 Å². The first kappa shape index (κ1) is 14.2. The normalized spacial score (nSPS) is 10.8. The summed E-state index contributed by atoms with van der Waals surface area (Å²) in [4.78, 5) is 15.9. The molecule has 1 aromatic carbocycles. The van der Waals surface area contributed by atoms with Crippen LogP contribution in [0, 0.1) is 12.8 Å². The highest BCUT2D eigenvalue weighted by molar-refractivity contribution is 5.90. The van der Waals surface area contributed by atoms with Crippen molar-refractivity contribution in [2.24, 2.45) is 5.92 Å². The third-order valence-electron chi connectivity index (χ3n) is 3.00. The van der Waals surface area contributed by atoms with Gasteiger partial charge in [0.2, 0.25) is 5.82 Å². The molecule has 0 saturated heterocycles. The van der Waals surface area contributed by atoms with E-state index < -0.39 is 0 Å². The van der Waals surface area contributed by atoms with Crippen molar-refractivity contribution in [3.63, 3.8) is 0 Å². The molecule has 0 atom stereocenters. The van der Waals surface area contributed by atoms with Crippen molar-refractivity contribution in [2.45, 2.75) is 27.2 Å². The Kier molecular flexibility index (Phi) is 4.50. The molecule has 1 heterocycles. The summed E-state index contributed by atoms with van der Waals surface area (Å²) in [5.41, 5.74) is 2.07. The molecule has 0 unspecified atom stereocenters. The molecule has 5 heteroatoms. The SMILES string of the molecule is Cc1ccc(-n2cnc(C(=O)NCCC(C)C)n2)cc1. The van der Waals surface area contributed by atoms with Crippen molar-refractivity contribution >= 4 is 5.91 Å². The van der Waals surface area contributed by atoms with Gasteiger partial charge in [-0.15, -0.1) is 5.10 Å². The van der Waals surface area contributed by atoms with Crippen LogP contribution in [-0.4, -0.2) is 27.2 Å². The van der Waals surface area contributed by atoms with Crippen LogP contribution in [0.25, 0.3) is 5.69 Å². The number of nitrogens with zero attached hydrogens (tertiary/aromatic N) is 3. The Bertz CT molecular complexity index is 572. The first-order valence-corrected chi connectivity index (χ1v) is 6.83. The number of benzene rings is 1. The largest absolute Gasteiger partial charge is 0.349 e. The second-order valence-electron chi connectivity index (χ2n) is 5.29. The first-order chi connectivity index (χ1) is 9.56. The van der Waals surface area contributed by atoms with Crippen LogP contribution in [0.15, 0.2) is 30.6 Å². The molecular weight excluding hydrogens is 252 g/mol. The number of hydrogen-bond acceptors (Lipinski definition) is 3. The van der Waals surface area contributed by atoms with Gasteiger partial charge in [-0.25, -0.2) is 9.67 Å². The van der Waals surface area contributed by atoms with Crippen molar-refractivity contribution in [3.05, 3.63) is 42.0 Å². The second-order valence-corrected chi connectivity index (χ2v) is 5.29. The molecule has 0 aliphatic rings. The minimum absolute atomic E-state index is 0.203. The Balaban J connectivity index is 2.01. The summed E-state index contributed by atoms with van der Waals surface area (Å²) in [6.45, 7) is 6.92. The third kappa shape index (κ3) is 3.66. The highest BCUT2D eigenvalue weighted by atomic mass is 16.2. The van der Waals surface area contributed by atoms with Crippen LogP contribution in [0.1, 0.15) is 36.5 Å². The fourth-order valence-electron chi connectivity index (χ4n) is 1.74. The Morgan fingerprint density at radius 2 is 2.00 bits per heavy atom. The maximum atomic E-state index is 11.9. The predicted molar refractivity (Wildman–Crippen MR) is 77.9 cm³/mol. The van der Waals surface area contributed by atoms with Gasteiger partial charge in [-0.2, -0.15) is 0 Å². The second kappa shape index (κ2) is 6.32. The summed E-state index contributed by atoms with van der Waals surface area (Å²) < 4.78 is 1.61. The zero-order chi connectivity index (χ0) is 14.5. The van der Waals surface area contributed by atoms with Gasteiger partial charge in [0.1, 0.15) is 6.33 Å². The van der Waals surface area contributed by atoms with E-state index in [1.807, 2.05) is 31.2 Å². The van der Waals surface area contributed by atoms with E-state index >= 15 is 0 Å². The lowest BCUT2D eigenvalue weighted by Gasteiger charge is -2.04. The van der Waals surface area contributed by atoms with E-state index in [0.29, 0.717) is 12.5 Å². The van der Waals surface area contributed by atoms with E-state index in [2.05, 4.69) is 29.2 Å². The van der Waals surface area contributed by atoms with Crippen molar-refractivity contribution < 1.29 is 4.79 Å². The number of carbonyl (C=O) groups is 1. The fourth-order valence-corrected chi connectivity index (χ4v) is 1.74. The first-order valence-electron chi connectivity index (χ1n) is 6.83. The van der Waals surface area contributed by atoms with E-state index in [1.54, 1.807) is 11.0 Å². The monoisotopic (exact) mass is 272 g/mol. The molecule has 1 amide bonds. The zero-order valence-corrected chi connectivity index (χ0v) is 12.1. The molecule has 5 nitrogen and oxygen atoms in total. The minimum Gasteiger partial charge on any atom is -0.349 e. The molecule has 0 aliphatic heterocycles. The smallest absolute Gasteiger partial charge is 0.290 e. The molecular formula is C15H20N4O. The van der Waals surface area contributed by atoms with Gasteiger partial charge in [0.15, 0.2) is 0 Å². The topological polar surface area (TPSA) is 59.8 Å². The van der Waals surface area contributed by atoms with Crippen molar-refractivity contribution in [1.29, 1.82) is 0 Å². The van der Waals surface area contributed by atoms with Crippen LogP contribution in [0.3, 0.4) is 0 Å². The van der Waals surface area contributed by atoms with E-state index in [4.69, 9.17) is 0 Å². The number of aromatic nitrogens is 3. The molecule has 0 fully saturated rings. The molecule has 0 radical (unpaired) electrons. The summed E-state index contributed by atoms with van der Waals surface area (Å²) in [5.74, 6) is 0.541. The minimum atomic E-state index is -0.225. The van der Waals surface area contributed by atoms with Gasteiger partial charge in [-0.1, -0.05) is 31.5 Å². The molecule has 20 heavy (non-hydrogen) atoms. The van der Waals surface area contributed by atoms with Gasteiger partial charge >= 0.3 is 0 Å². The average molecular weight is 272 g/mol. The Morgan fingerprint density at radius 3 is 2.65 bits per heavy atom. The molecule has 0 saturated carbocycles. The van der Waals surface area contributed by atoms with Crippen LogP contribution < -0.4 is 5.32 Å². The maximum absolute atomic E-state index is 11.9. The van der Waals surface area contributed by atoms with Gasteiger partial charge in [0.05, 0.1) is 5.69 Å². The van der Waals surface area contributed by atoms with E-state index in [1.165, 1.54) is 5.56 Å². The van der Waals surface area contributed by atoms with Crippen LogP contribution in [-0.2, 0) is 0 Å². The Morgan fingerprint density at radius 1 is 1.30 bits per heavy atom. The number of nitrogens with one attached hydrogen (secondary N) is 1. The highest BCUT2D eigenvalue weighted by Crippen LogP contribution is 2.07. The molecule has 2 rings (SSSR count). The number of amides is 1. The predicted octanol–water partition coefficient (Wildman–Crippen LogP) is 2.35. The van der Waals surface area contributed by atoms with Gasteiger partial charge < -0.3 is 5.32 Å². The van der Waals surface area contributed by atoms with Gasteiger partial charge in [0.25, 0.3) is 5.91 Å². The van der Waals surface area contributed by atoms with Crippen LogP contribution >= 0.6 is 0 Å². The molecule has 0 aliphatic carbocycles. The lowest BCUT2D eigenvalue weighted by atomic mass is 10.1. The maximum Gasteiger partial charge on any atom is 0.290 e. The summed E-state index contributed by atoms with van der Waals surface area (Å²) in [6, 6.07) is 7.90. The molecule has 0 bridgehead atoms. The molecule has 1 N–H and O–H groups in total. The Labute approximate surface area is 119 Å². The number of hydrogen-bond donors (Lipinski definition) is 1. The van der Waals surface area contributed by atoms with Crippen LogP contribution in [0.2, 0.25) is 0 Å². The van der Waals surface area contributed by atoms with Crippen LogP contribution in [0.4, 0.5) is 0 Å². The quantitative estimate of drug-likeness (QED) is 0.909. The molecule has 0 spiro atoms. The summed E-state index contributed by atoms with van der Waals surface area (Å²) >= 11 is 0. The van der Waals surface area contributed by atoms with Crippen molar-refractivity contribution in [1.82, 2.24) is 20.1 Å². The Hall–Kier alpha value is -2.17. The number of carbonyl (C=O) groups excluding carboxylic acids is 1.